The number of allylic oxidation sites excluding steroid dienone is 1. The lowest BCUT2D eigenvalue weighted by Crippen LogP contribution is -2.11. The van der Waals surface area contributed by atoms with Crippen LogP contribution in [0.5, 0.6) is 0 Å². The van der Waals surface area contributed by atoms with Crippen LogP contribution in [0.1, 0.15) is 34.7 Å². The van der Waals surface area contributed by atoms with Gasteiger partial charge < -0.3 is 16.0 Å². The average Bonchev–Trinajstić information content (AvgIpc) is 2.87. The van der Waals surface area contributed by atoms with E-state index in [0.717, 1.165) is 41.4 Å². The highest BCUT2D eigenvalue weighted by Crippen LogP contribution is 2.35. The molecule has 0 saturated carbocycles. The smallest absolute Gasteiger partial charge is 0.250 e. The van der Waals surface area contributed by atoms with Crippen LogP contribution in [0.25, 0.3) is 22.0 Å². The predicted molar refractivity (Wildman–Crippen MR) is 101 cm³/mol. The zero-order chi connectivity index (χ0) is 17.2. The molecule has 25 heavy (non-hydrogen) atoms. The lowest BCUT2D eigenvalue weighted by atomic mass is 9.91. The summed E-state index contributed by atoms with van der Waals surface area (Å²) in [7, 11) is 0. The van der Waals surface area contributed by atoms with Gasteiger partial charge in [-0.25, -0.2) is 0 Å². The largest absolute Gasteiger partial charge is 0.391 e. The summed E-state index contributed by atoms with van der Waals surface area (Å²) in [5.74, 6) is -0.0789. The Labute approximate surface area is 146 Å². The maximum absolute atomic E-state index is 12.0. The minimum Gasteiger partial charge on any atom is -0.391 e. The summed E-state index contributed by atoms with van der Waals surface area (Å²) in [5, 5.41) is 4.36. The molecular formula is C21H21N3O. The average molecular weight is 331 g/mol. The van der Waals surface area contributed by atoms with E-state index in [1.807, 2.05) is 48.8 Å². The van der Waals surface area contributed by atoms with Crippen molar-refractivity contribution in [2.24, 2.45) is 5.73 Å². The van der Waals surface area contributed by atoms with Crippen LogP contribution in [0.4, 0.5) is 0 Å². The van der Waals surface area contributed by atoms with Crippen LogP contribution in [0.3, 0.4) is 0 Å². The number of H-pyrrole nitrogens is 1. The van der Waals surface area contributed by atoms with Crippen molar-refractivity contribution in [2.75, 3.05) is 6.54 Å². The highest BCUT2D eigenvalue weighted by Gasteiger charge is 2.19. The Kier molecular flexibility index (Phi) is 4.02. The van der Waals surface area contributed by atoms with Crippen LogP contribution < -0.4 is 11.1 Å². The molecule has 1 aliphatic heterocycles. The number of hydrogen-bond donors (Lipinski definition) is 3. The molecule has 2 aromatic carbocycles. The van der Waals surface area contributed by atoms with Gasteiger partial charge in [-0.05, 0) is 47.9 Å². The molecule has 0 spiro atoms. The number of nitrogens with two attached hydrogens (primary N) is 1. The van der Waals surface area contributed by atoms with Crippen molar-refractivity contribution >= 4 is 16.8 Å². The lowest BCUT2D eigenvalue weighted by molar-refractivity contribution is 0.100. The fourth-order valence-electron chi connectivity index (χ4n) is 3.60. The molecule has 4 rings (SSSR count). The van der Waals surface area contributed by atoms with E-state index in [0.29, 0.717) is 11.5 Å². The molecule has 126 valence electrons. The van der Waals surface area contributed by atoms with Crippen molar-refractivity contribution < 1.29 is 4.79 Å². The van der Waals surface area contributed by atoms with Crippen molar-refractivity contribution in [3.8, 4) is 11.1 Å². The molecule has 1 atom stereocenters. The zero-order valence-corrected chi connectivity index (χ0v) is 14.0. The molecule has 4 nitrogen and oxygen atoms in total. The predicted octanol–water partition coefficient (Wildman–Crippen LogP) is 3.91. The number of aromatic nitrogens is 1. The number of fused-ring (bicyclic) bond motifs is 1. The molecule has 1 unspecified atom stereocenters. The molecule has 1 aromatic heterocycles. The fraction of sp³-hybridized carbons (Fsp3) is 0.190. The van der Waals surface area contributed by atoms with Gasteiger partial charge in [-0.15, -0.1) is 0 Å². The molecule has 4 heteroatoms. The van der Waals surface area contributed by atoms with Crippen LogP contribution in [0.15, 0.2) is 60.9 Å². The normalized spacial score (nSPS) is 17.2. The van der Waals surface area contributed by atoms with Crippen molar-refractivity contribution in [2.45, 2.75) is 18.8 Å². The van der Waals surface area contributed by atoms with Crippen LogP contribution in [-0.4, -0.2) is 17.4 Å². The minimum atomic E-state index is -0.408. The third-order valence-corrected chi connectivity index (χ3v) is 4.88. The molecule has 0 bridgehead atoms. The number of benzene rings is 2. The molecular weight excluding hydrogens is 310 g/mol. The first-order chi connectivity index (χ1) is 12.2. The first-order valence-electron chi connectivity index (χ1n) is 8.64. The monoisotopic (exact) mass is 331 g/mol. The van der Waals surface area contributed by atoms with Gasteiger partial charge in [-0.3, -0.25) is 4.79 Å². The van der Waals surface area contributed by atoms with Crippen molar-refractivity contribution in [1.29, 1.82) is 0 Å². The van der Waals surface area contributed by atoms with E-state index in [9.17, 15) is 4.79 Å². The number of aromatic amines is 1. The highest BCUT2D eigenvalue weighted by atomic mass is 16.1. The molecule has 1 amide bonds. The van der Waals surface area contributed by atoms with E-state index in [-0.39, 0.29) is 0 Å². The second kappa shape index (κ2) is 6.48. The van der Waals surface area contributed by atoms with Crippen LogP contribution in [0, 0.1) is 0 Å². The first-order valence-corrected chi connectivity index (χ1v) is 8.64. The number of nitrogens with one attached hydrogen (secondary N) is 2. The SMILES string of the molecule is NC(=O)c1cc(-c2ccccc2)cc2c(C3C=CNCCC3)c[nH]c12. The van der Waals surface area contributed by atoms with E-state index in [1.54, 1.807) is 0 Å². The summed E-state index contributed by atoms with van der Waals surface area (Å²) in [6.07, 6.45) is 8.46. The third-order valence-electron chi connectivity index (χ3n) is 4.88. The van der Waals surface area contributed by atoms with Gasteiger partial charge in [-0.2, -0.15) is 0 Å². The number of carbonyl (C=O) groups is 1. The summed E-state index contributed by atoms with van der Waals surface area (Å²) >= 11 is 0. The quantitative estimate of drug-likeness (QED) is 0.681. The van der Waals surface area contributed by atoms with Gasteiger partial charge in [0.2, 0.25) is 0 Å². The number of primary amides is 1. The second-order valence-electron chi connectivity index (χ2n) is 6.48. The van der Waals surface area contributed by atoms with Crippen LogP contribution in [-0.2, 0) is 0 Å². The lowest BCUT2D eigenvalue weighted by Gasteiger charge is -2.11. The van der Waals surface area contributed by atoms with Gasteiger partial charge in [0.15, 0.2) is 0 Å². The Bertz CT molecular complexity index is 940. The molecule has 1 aliphatic rings. The van der Waals surface area contributed by atoms with Gasteiger partial charge in [-0.1, -0.05) is 36.4 Å². The second-order valence-corrected chi connectivity index (χ2v) is 6.48. The van der Waals surface area contributed by atoms with Gasteiger partial charge in [0, 0.05) is 24.0 Å². The molecule has 4 N–H and O–H groups in total. The van der Waals surface area contributed by atoms with Crippen molar-refractivity contribution in [1.82, 2.24) is 10.3 Å². The summed E-state index contributed by atoms with van der Waals surface area (Å²) in [6.45, 7) is 0.997. The molecule has 2 heterocycles. The summed E-state index contributed by atoms with van der Waals surface area (Å²) in [4.78, 5) is 15.3. The highest BCUT2D eigenvalue weighted by molar-refractivity contribution is 6.07. The van der Waals surface area contributed by atoms with Crippen LogP contribution in [0.2, 0.25) is 0 Å². The number of amides is 1. The molecule has 0 aliphatic carbocycles. The van der Waals surface area contributed by atoms with Crippen molar-refractivity contribution in [3.05, 3.63) is 72.1 Å². The van der Waals surface area contributed by atoms with Gasteiger partial charge >= 0.3 is 0 Å². The zero-order valence-electron chi connectivity index (χ0n) is 14.0. The van der Waals surface area contributed by atoms with E-state index in [1.165, 1.54) is 5.56 Å². The maximum atomic E-state index is 12.0. The fourth-order valence-corrected chi connectivity index (χ4v) is 3.60. The topological polar surface area (TPSA) is 70.9 Å². The Morgan fingerprint density at radius 2 is 1.96 bits per heavy atom. The van der Waals surface area contributed by atoms with Crippen molar-refractivity contribution in [3.63, 3.8) is 0 Å². The van der Waals surface area contributed by atoms with E-state index in [4.69, 9.17) is 5.73 Å². The maximum Gasteiger partial charge on any atom is 0.250 e. The molecule has 3 aromatic rings. The number of carbonyl (C=O) groups excluding carboxylic acids is 1. The molecule has 0 radical (unpaired) electrons. The minimum absolute atomic E-state index is 0.329. The third kappa shape index (κ3) is 2.91. The van der Waals surface area contributed by atoms with E-state index in [2.05, 4.69) is 22.4 Å². The summed E-state index contributed by atoms with van der Waals surface area (Å²) in [6, 6.07) is 14.1. The Morgan fingerprint density at radius 3 is 2.76 bits per heavy atom. The molecule has 0 fully saturated rings. The first kappa shape index (κ1) is 15.5. The molecule has 0 saturated heterocycles. The van der Waals surface area contributed by atoms with Crippen LogP contribution >= 0.6 is 0 Å². The standard InChI is InChI=1S/C21H21N3O/c22-21(25)18-12-16(14-5-2-1-3-6-14)11-17-19(13-24-20(17)18)15-7-4-9-23-10-8-15/h1-3,5-6,8,10-13,15,23-24H,4,7,9H2,(H2,22,25). The Hall–Kier alpha value is -3.01. The number of hydrogen-bond acceptors (Lipinski definition) is 2. The van der Waals surface area contributed by atoms with Gasteiger partial charge in [0.05, 0.1) is 11.1 Å². The Morgan fingerprint density at radius 1 is 1.12 bits per heavy atom. The Balaban J connectivity index is 1.91. The summed E-state index contributed by atoms with van der Waals surface area (Å²) < 4.78 is 0. The van der Waals surface area contributed by atoms with Gasteiger partial charge in [0.25, 0.3) is 5.91 Å². The summed E-state index contributed by atoms with van der Waals surface area (Å²) in [5.41, 5.74) is 10.3. The number of rotatable bonds is 3. The van der Waals surface area contributed by atoms with E-state index < -0.39 is 5.91 Å². The van der Waals surface area contributed by atoms with E-state index >= 15 is 0 Å². The van der Waals surface area contributed by atoms with Gasteiger partial charge in [0.1, 0.15) is 0 Å².